The zero-order valence-corrected chi connectivity index (χ0v) is 18.6. The van der Waals surface area contributed by atoms with Crippen LogP contribution in [0.25, 0.3) is 0 Å². The Labute approximate surface area is 179 Å². The number of hydrogen-bond acceptors (Lipinski definition) is 1. The predicted molar refractivity (Wildman–Crippen MR) is 113 cm³/mol. The molecule has 0 N–H and O–H groups in total. The quantitative estimate of drug-likeness (QED) is 0.353. The van der Waals surface area contributed by atoms with Crippen molar-refractivity contribution >= 4 is 0 Å². The Hall–Kier alpha value is -0.840. The third kappa shape index (κ3) is 5.14. The first-order valence-corrected chi connectivity index (χ1v) is 12.1. The van der Waals surface area contributed by atoms with E-state index in [9.17, 15) is 17.6 Å². The molecule has 0 aromatic carbocycles. The van der Waals surface area contributed by atoms with Gasteiger partial charge in [-0.2, -0.15) is 17.6 Å². The molecule has 0 bridgehead atoms. The minimum atomic E-state index is -4.17. The summed E-state index contributed by atoms with van der Waals surface area (Å²) in [6, 6.07) is 0. The first kappa shape index (κ1) is 23.8. The molecule has 0 aromatic heterocycles. The van der Waals surface area contributed by atoms with Gasteiger partial charge in [0.25, 0.3) is 0 Å². The molecule has 1 nitrogen and oxygen atoms in total. The highest BCUT2D eigenvalue weighted by Crippen LogP contribution is 2.52. The lowest BCUT2D eigenvalue weighted by atomic mass is 9.73. The van der Waals surface area contributed by atoms with Gasteiger partial charge >= 0.3 is 11.8 Å². The first-order chi connectivity index (χ1) is 14.3. The van der Waals surface area contributed by atoms with Gasteiger partial charge in [-0.1, -0.05) is 51.7 Å². The van der Waals surface area contributed by atoms with Gasteiger partial charge in [0.2, 0.25) is 0 Å². The van der Waals surface area contributed by atoms with Crippen LogP contribution < -0.4 is 0 Å². The molecular formula is C25H38F4O. The zero-order valence-electron chi connectivity index (χ0n) is 18.6. The highest BCUT2D eigenvalue weighted by molar-refractivity contribution is 5.39. The van der Waals surface area contributed by atoms with E-state index in [1.165, 1.54) is 18.6 Å². The third-order valence-electron chi connectivity index (χ3n) is 7.57. The molecule has 2 saturated carbocycles. The van der Waals surface area contributed by atoms with Crippen molar-refractivity contribution in [2.24, 2.45) is 17.8 Å². The smallest absolute Gasteiger partial charge is 0.338 e. The van der Waals surface area contributed by atoms with Crippen molar-refractivity contribution in [1.82, 2.24) is 0 Å². The number of alkyl halides is 4. The van der Waals surface area contributed by atoms with E-state index in [0.717, 1.165) is 57.8 Å². The van der Waals surface area contributed by atoms with E-state index < -0.39 is 29.9 Å². The number of allylic oxidation sites excluding steroid dienone is 3. The molecule has 30 heavy (non-hydrogen) atoms. The normalized spacial score (nSPS) is 33.7. The average Bonchev–Trinajstić information content (AvgIpc) is 2.72. The van der Waals surface area contributed by atoms with Crippen molar-refractivity contribution < 1.29 is 22.3 Å². The van der Waals surface area contributed by atoms with Crippen LogP contribution in [-0.2, 0) is 4.74 Å². The molecule has 0 aliphatic heterocycles. The van der Waals surface area contributed by atoms with Gasteiger partial charge in [0.05, 0.1) is 12.7 Å². The Morgan fingerprint density at radius 1 is 0.767 bits per heavy atom. The summed E-state index contributed by atoms with van der Waals surface area (Å²) < 4.78 is 65.2. The maximum absolute atomic E-state index is 14.9. The number of halogens is 4. The van der Waals surface area contributed by atoms with E-state index in [0.29, 0.717) is 24.7 Å². The SMILES string of the molecule is CCCC1CCC(OCC2=CC=C(C3CCC(CCC)CC3)C(F)(F)C2(F)F)CC1. The van der Waals surface area contributed by atoms with Crippen LogP contribution in [0, 0.1) is 17.8 Å². The summed E-state index contributed by atoms with van der Waals surface area (Å²) in [5.41, 5.74) is -0.946. The second-order valence-electron chi connectivity index (χ2n) is 9.71. The molecule has 0 saturated heterocycles. The van der Waals surface area contributed by atoms with Crippen molar-refractivity contribution in [3.05, 3.63) is 23.3 Å². The summed E-state index contributed by atoms with van der Waals surface area (Å²) in [7, 11) is 0. The Balaban J connectivity index is 1.61. The summed E-state index contributed by atoms with van der Waals surface area (Å²) in [4.78, 5) is 0. The lowest BCUT2D eigenvalue weighted by molar-refractivity contribution is -0.174. The number of rotatable bonds is 8. The molecule has 0 aromatic rings. The minimum absolute atomic E-state index is 0.0948. The Morgan fingerprint density at radius 2 is 1.30 bits per heavy atom. The summed E-state index contributed by atoms with van der Waals surface area (Å²) in [6.07, 6.45) is 13.6. The molecule has 3 rings (SSSR count). The van der Waals surface area contributed by atoms with Crippen LogP contribution in [0.15, 0.2) is 23.3 Å². The van der Waals surface area contributed by atoms with E-state index in [1.54, 1.807) is 0 Å². The number of ether oxygens (including phenoxy) is 1. The van der Waals surface area contributed by atoms with Crippen molar-refractivity contribution in [2.45, 2.75) is 109 Å². The molecule has 0 amide bonds. The number of hydrogen-bond donors (Lipinski definition) is 0. The fourth-order valence-corrected chi connectivity index (χ4v) is 5.69. The van der Waals surface area contributed by atoms with Crippen LogP contribution in [0.3, 0.4) is 0 Å². The van der Waals surface area contributed by atoms with Crippen LogP contribution >= 0.6 is 0 Å². The molecule has 0 atom stereocenters. The molecular weight excluding hydrogens is 392 g/mol. The van der Waals surface area contributed by atoms with E-state index in [4.69, 9.17) is 4.74 Å². The Morgan fingerprint density at radius 3 is 1.83 bits per heavy atom. The minimum Gasteiger partial charge on any atom is -0.374 e. The van der Waals surface area contributed by atoms with Crippen LogP contribution in [-0.4, -0.2) is 24.6 Å². The molecule has 2 fully saturated rings. The van der Waals surface area contributed by atoms with Crippen LogP contribution in [0.2, 0.25) is 0 Å². The van der Waals surface area contributed by atoms with Gasteiger partial charge in [-0.3, -0.25) is 0 Å². The second kappa shape index (κ2) is 10.2. The van der Waals surface area contributed by atoms with Gasteiger partial charge in [-0.25, -0.2) is 0 Å². The lowest BCUT2D eigenvalue weighted by Crippen LogP contribution is -2.48. The van der Waals surface area contributed by atoms with Crippen LogP contribution in [0.1, 0.15) is 90.9 Å². The van der Waals surface area contributed by atoms with E-state index in [1.807, 2.05) is 0 Å². The molecule has 3 aliphatic rings. The maximum Gasteiger partial charge on any atom is 0.338 e. The van der Waals surface area contributed by atoms with E-state index in [2.05, 4.69) is 13.8 Å². The van der Waals surface area contributed by atoms with Gasteiger partial charge in [0.1, 0.15) is 0 Å². The highest BCUT2D eigenvalue weighted by atomic mass is 19.3. The largest absolute Gasteiger partial charge is 0.374 e. The fraction of sp³-hybridized carbons (Fsp3) is 0.840. The molecule has 172 valence electrons. The third-order valence-corrected chi connectivity index (χ3v) is 7.57. The van der Waals surface area contributed by atoms with Gasteiger partial charge in [0, 0.05) is 11.1 Å². The standard InChI is InChI=1S/C25H38F4O/c1-3-5-18-7-11-20(12-8-18)23-16-13-21(24(26,27)25(23,28)29)17-30-22-14-9-19(6-4-2)10-15-22/h13,16,18-20,22H,3-12,14-15,17H2,1-2H3. The molecule has 0 radical (unpaired) electrons. The van der Waals surface area contributed by atoms with Gasteiger partial charge < -0.3 is 4.74 Å². The highest BCUT2D eigenvalue weighted by Gasteiger charge is 2.63. The van der Waals surface area contributed by atoms with Gasteiger partial charge in [0.15, 0.2) is 0 Å². The van der Waals surface area contributed by atoms with Crippen LogP contribution in [0.4, 0.5) is 17.6 Å². The predicted octanol–water partition coefficient (Wildman–Crippen LogP) is 8.11. The first-order valence-electron chi connectivity index (χ1n) is 12.1. The molecule has 0 spiro atoms. The van der Waals surface area contributed by atoms with Gasteiger partial charge in [-0.05, 0) is 69.1 Å². The molecule has 5 heteroatoms. The maximum atomic E-state index is 14.9. The monoisotopic (exact) mass is 430 g/mol. The van der Waals surface area contributed by atoms with Crippen molar-refractivity contribution in [3.8, 4) is 0 Å². The van der Waals surface area contributed by atoms with Crippen molar-refractivity contribution in [2.75, 3.05) is 6.61 Å². The Kier molecular flexibility index (Phi) is 8.09. The van der Waals surface area contributed by atoms with Crippen molar-refractivity contribution in [1.29, 1.82) is 0 Å². The average molecular weight is 431 g/mol. The van der Waals surface area contributed by atoms with E-state index >= 15 is 0 Å². The summed E-state index contributed by atoms with van der Waals surface area (Å²) in [5, 5.41) is 0. The van der Waals surface area contributed by atoms with E-state index in [-0.39, 0.29) is 11.7 Å². The Bertz CT molecular complexity index is 609. The van der Waals surface area contributed by atoms with Crippen LogP contribution in [0.5, 0.6) is 0 Å². The summed E-state index contributed by atoms with van der Waals surface area (Å²) in [5.74, 6) is -7.49. The zero-order chi connectivity index (χ0) is 21.8. The van der Waals surface area contributed by atoms with Gasteiger partial charge in [-0.15, -0.1) is 0 Å². The fourth-order valence-electron chi connectivity index (χ4n) is 5.69. The summed E-state index contributed by atoms with van der Waals surface area (Å²) in [6.45, 7) is 3.88. The molecule has 3 aliphatic carbocycles. The summed E-state index contributed by atoms with van der Waals surface area (Å²) >= 11 is 0. The van der Waals surface area contributed by atoms with Crippen molar-refractivity contribution in [3.63, 3.8) is 0 Å². The molecule has 0 heterocycles. The topological polar surface area (TPSA) is 9.23 Å². The lowest BCUT2D eigenvalue weighted by Gasteiger charge is -2.39. The molecule has 0 unspecified atom stereocenters. The second-order valence-corrected chi connectivity index (χ2v) is 9.71.